The van der Waals surface area contributed by atoms with E-state index >= 15 is 0 Å². The lowest BCUT2D eigenvalue weighted by Gasteiger charge is -2.31. The van der Waals surface area contributed by atoms with Gasteiger partial charge >= 0.3 is 0 Å². The molecule has 0 spiro atoms. The topological polar surface area (TPSA) is 88.5 Å². The highest BCUT2D eigenvalue weighted by atomic mass is 32.2. The van der Waals surface area contributed by atoms with Crippen molar-refractivity contribution in [3.8, 4) is 23.0 Å². The summed E-state index contributed by atoms with van der Waals surface area (Å²) in [6, 6.07) is 9.43. The first-order valence-electron chi connectivity index (χ1n) is 13.5. The molecule has 0 radical (unpaired) electrons. The summed E-state index contributed by atoms with van der Waals surface area (Å²) in [5.41, 5.74) is 1.84. The Hall–Kier alpha value is -2.78. The summed E-state index contributed by atoms with van der Waals surface area (Å²) in [5.74, 6) is 2.38. The number of carbonyl (C=O) groups excluding carboxylic acids is 1. The molecule has 9 heteroatoms. The predicted molar refractivity (Wildman–Crippen MR) is 153 cm³/mol. The van der Waals surface area contributed by atoms with Crippen molar-refractivity contribution in [1.29, 1.82) is 0 Å². The van der Waals surface area contributed by atoms with Gasteiger partial charge in [0.25, 0.3) is 0 Å². The third-order valence-corrected chi connectivity index (χ3v) is 8.73. The van der Waals surface area contributed by atoms with Gasteiger partial charge in [0.2, 0.25) is 12.7 Å². The van der Waals surface area contributed by atoms with Crippen molar-refractivity contribution in [2.45, 2.75) is 64.2 Å². The second-order valence-electron chi connectivity index (χ2n) is 12.4. The van der Waals surface area contributed by atoms with Gasteiger partial charge < -0.3 is 29.1 Å². The van der Waals surface area contributed by atoms with E-state index in [2.05, 4.69) is 46.4 Å². The quantitative estimate of drug-likeness (QED) is 0.477. The van der Waals surface area contributed by atoms with Crippen LogP contribution in [0.2, 0.25) is 0 Å². The van der Waals surface area contributed by atoms with Crippen LogP contribution < -0.4 is 14.2 Å². The zero-order valence-corrected chi connectivity index (χ0v) is 25.0. The highest BCUT2D eigenvalue weighted by Crippen LogP contribution is 2.43. The average Bonchev–Trinajstić information content (AvgIpc) is 3.41. The summed E-state index contributed by atoms with van der Waals surface area (Å²) in [4.78, 5) is 16.8. The summed E-state index contributed by atoms with van der Waals surface area (Å²) in [5, 5.41) is 10.6. The summed E-state index contributed by atoms with van der Waals surface area (Å²) in [6.45, 7) is 15.1. The van der Waals surface area contributed by atoms with Gasteiger partial charge in [-0.05, 0) is 71.8 Å². The number of nitrogens with zero attached hydrogens (tertiary/aromatic N) is 2. The van der Waals surface area contributed by atoms with Crippen LogP contribution >= 0.6 is 0 Å². The highest BCUT2D eigenvalue weighted by Gasteiger charge is 2.40. The molecular weight excluding hydrogens is 516 g/mol. The maximum atomic E-state index is 13.2. The summed E-state index contributed by atoms with van der Waals surface area (Å²) >= 11 is 0. The molecular formula is C30H42N2O6S. The van der Waals surface area contributed by atoms with Crippen LogP contribution in [-0.4, -0.2) is 70.9 Å². The van der Waals surface area contributed by atoms with Gasteiger partial charge in [-0.2, -0.15) is 0 Å². The fourth-order valence-corrected chi connectivity index (χ4v) is 6.50. The van der Waals surface area contributed by atoms with Crippen molar-refractivity contribution in [2.75, 3.05) is 45.8 Å². The third-order valence-electron chi connectivity index (χ3n) is 7.18. The van der Waals surface area contributed by atoms with Crippen molar-refractivity contribution in [3.63, 3.8) is 0 Å². The molecule has 2 atom stereocenters. The molecule has 0 aliphatic carbocycles. The number of aromatic hydroxyl groups is 1. The second-order valence-corrected chi connectivity index (χ2v) is 13.9. The standard InChI is InChI=1S/C30H42N2O6S/c1-29(2,3)22-15-20(16-23(27(22)34)30(4,5)6)28-32(26(33)18-39(28)35)12-8-11-31(7)13-14-36-21-9-10-24-25(17-21)38-19-37-24/h9-10,15-17,28,34H,8,11-14,18-19H2,1-7H3. The maximum absolute atomic E-state index is 13.2. The van der Waals surface area contributed by atoms with Gasteiger partial charge in [0.15, 0.2) is 11.5 Å². The molecule has 39 heavy (non-hydrogen) atoms. The molecule has 4 rings (SSSR count). The van der Waals surface area contributed by atoms with E-state index in [9.17, 15) is 14.1 Å². The number of benzene rings is 2. The predicted octanol–water partition coefficient (Wildman–Crippen LogP) is 4.71. The molecule has 2 heterocycles. The number of phenols is 1. The Balaban J connectivity index is 1.39. The Bertz CT molecular complexity index is 1200. The number of rotatable bonds is 9. The summed E-state index contributed by atoms with van der Waals surface area (Å²) in [7, 11) is 0.677. The highest BCUT2D eigenvalue weighted by molar-refractivity contribution is 7.86. The van der Waals surface area contributed by atoms with Gasteiger partial charge in [-0.15, -0.1) is 0 Å². The largest absolute Gasteiger partial charge is 0.507 e. The Morgan fingerprint density at radius 3 is 2.31 bits per heavy atom. The van der Waals surface area contributed by atoms with Crippen molar-refractivity contribution >= 4 is 16.7 Å². The van der Waals surface area contributed by atoms with Crippen LogP contribution in [0.25, 0.3) is 0 Å². The molecule has 2 aliphatic rings. The zero-order valence-electron chi connectivity index (χ0n) is 24.2. The molecule has 1 N–H and O–H groups in total. The van der Waals surface area contributed by atoms with E-state index in [4.69, 9.17) is 14.2 Å². The molecule has 0 aromatic heterocycles. The first-order valence-corrected chi connectivity index (χ1v) is 14.9. The SMILES string of the molecule is CN(CCCN1C(=O)CS(=O)C1c1cc(C(C)(C)C)c(O)c(C(C)(C)C)c1)CCOc1ccc2c(c1)OCO2. The second kappa shape index (κ2) is 11.4. The Kier molecular flexibility index (Phi) is 8.52. The Morgan fingerprint density at radius 1 is 1.03 bits per heavy atom. The minimum Gasteiger partial charge on any atom is -0.507 e. The van der Waals surface area contributed by atoms with Crippen LogP contribution in [0.3, 0.4) is 0 Å². The lowest BCUT2D eigenvalue weighted by atomic mass is 9.78. The van der Waals surface area contributed by atoms with E-state index in [1.54, 1.807) is 4.90 Å². The molecule has 2 aliphatic heterocycles. The van der Waals surface area contributed by atoms with Gasteiger partial charge in [0, 0.05) is 19.2 Å². The van der Waals surface area contributed by atoms with E-state index < -0.39 is 16.2 Å². The van der Waals surface area contributed by atoms with E-state index in [1.165, 1.54) is 0 Å². The fourth-order valence-electron chi connectivity index (χ4n) is 4.98. The number of carbonyl (C=O) groups is 1. The van der Waals surface area contributed by atoms with Crippen LogP contribution in [0.4, 0.5) is 0 Å². The van der Waals surface area contributed by atoms with Crippen molar-refractivity contribution in [3.05, 3.63) is 47.0 Å². The van der Waals surface area contributed by atoms with Crippen LogP contribution in [0.1, 0.15) is 70.0 Å². The lowest BCUT2D eigenvalue weighted by Crippen LogP contribution is -2.33. The van der Waals surface area contributed by atoms with Gasteiger partial charge in [-0.1, -0.05) is 41.5 Å². The van der Waals surface area contributed by atoms with Gasteiger partial charge in [-0.3, -0.25) is 9.00 Å². The van der Waals surface area contributed by atoms with E-state index in [0.717, 1.165) is 47.7 Å². The van der Waals surface area contributed by atoms with E-state index in [1.807, 2.05) is 37.4 Å². The van der Waals surface area contributed by atoms with Crippen molar-refractivity contribution in [2.24, 2.45) is 0 Å². The smallest absolute Gasteiger partial charge is 0.236 e. The minimum absolute atomic E-state index is 0.0282. The monoisotopic (exact) mass is 558 g/mol. The number of amides is 1. The van der Waals surface area contributed by atoms with Crippen molar-refractivity contribution < 1.29 is 28.3 Å². The average molecular weight is 559 g/mol. The number of likely N-dealkylation sites (N-methyl/N-ethyl adjacent to an activating group) is 1. The lowest BCUT2D eigenvalue weighted by molar-refractivity contribution is -0.128. The molecule has 2 unspecified atom stereocenters. The molecule has 8 nitrogen and oxygen atoms in total. The number of hydrogen-bond acceptors (Lipinski definition) is 7. The molecule has 2 aromatic rings. The van der Waals surface area contributed by atoms with Gasteiger partial charge in [0.05, 0.1) is 10.8 Å². The molecule has 1 amide bonds. The number of hydrogen-bond donors (Lipinski definition) is 1. The third kappa shape index (κ3) is 6.69. The Labute approximate surface area is 234 Å². The molecule has 214 valence electrons. The molecule has 1 fully saturated rings. The van der Waals surface area contributed by atoms with Crippen molar-refractivity contribution in [1.82, 2.24) is 9.80 Å². The zero-order chi connectivity index (χ0) is 28.5. The van der Waals surface area contributed by atoms with Crippen LogP contribution in [0, 0.1) is 0 Å². The van der Waals surface area contributed by atoms with E-state index in [-0.39, 0.29) is 35.0 Å². The van der Waals surface area contributed by atoms with Crippen LogP contribution in [0.5, 0.6) is 23.0 Å². The fraction of sp³-hybridized carbons (Fsp3) is 0.567. The summed E-state index contributed by atoms with van der Waals surface area (Å²) < 4.78 is 29.8. The van der Waals surface area contributed by atoms with Gasteiger partial charge in [-0.25, -0.2) is 0 Å². The van der Waals surface area contributed by atoms with Crippen LogP contribution in [-0.2, 0) is 26.4 Å². The van der Waals surface area contributed by atoms with Crippen LogP contribution in [0.15, 0.2) is 30.3 Å². The molecule has 2 aromatic carbocycles. The number of ether oxygens (including phenoxy) is 3. The molecule has 1 saturated heterocycles. The molecule has 0 bridgehead atoms. The first kappa shape index (κ1) is 29.2. The van der Waals surface area contributed by atoms with Gasteiger partial charge in [0.1, 0.15) is 29.2 Å². The number of phenolic OH excluding ortho intramolecular Hbond substituents is 1. The summed E-state index contributed by atoms with van der Waals surface area (Å²) in [6.07, 6.45) is 0.746. The van der Waals surface area contributed by atoms with E-state index in [0.29, 0.717) is 18.9 Å². The molecule has 0 saturated carbocycles. The maximum Gasteiger partial charge on any atom is 0.236 e. The first-order chi connectivity index (χ1) is 18.3. The minimum atomic E-state index is -1.35. The normalized spacial score (nSPS) is 19.3. The Morgan fingerprint density at radius 2 is 1.67 bits per heavy atom. The number of fused-ring (bicyclic) bond motifs is 1.